The third-order valence-corrected chi connectivity index (χ3v) is 3.32. The number of hydrogen-bond donors (Lipinski definition) is 1. The lowest BCUT2D eigenvalue weighted by Crippen LogP contribution is -2.49. The molecule has 0 aromatic heterocycles. The SMILES string of the molecule is COc1ccc(OC)c(N2CC(C)OC(CN)C2)c1. The van der Waals surface area contributed by atoms with E-state index in [1.165, 1.54) is 0 Å². The van der Waals surface area contributed by atoms with Crippen molar-refractivity contribution >= 4 is 5.69 Å². The van der Waals surface area contributed by atoms with E-state index >= 15 is 0 Å². The predicted octanol–water partition coefficient (Wildman–Crippen LogP) is 1.26. The van der Waals surface area contributed by atoms with Gasteiger partial charge in [0.25, 0.3) is 0 Å². The van der Waals surface area contributed by atoms with E-state index in [4.69, 9.17) is 19.9 Å². The fourth-order valence-electron chi connectivity index (χ4n) is 2.42. The zero-order valence-electron chi connectivity index (χ0n) is 11.8. The Labute approximate surface area is 114 Å². The van der Waals surface area contributed by atoms with Gasteiger partial charge >= 0.3 is 0 Å². The average Bonchev–Trinajstić information content (AvgIpc) is 2.45. The molecule has 2 atom stereocenters. The standard InChI is InChI=1S/C14H22N2O3/c1-10-8-16(9-12(7-15)19-10)13-6-11(17-2)4-5-14(13)18-3/h4-6,10,12H,7-9,15H2,1-3H3. The fourth-order valence-corrected chi connectivity index (χ4v) is 2.42. The minimum atomic E-state index is 0.0552. The van der Waals surface area contributed by atoms with Gasteiger partial charge in [0.2, 0.25) is 0 Å². The van der Waals surface area contributed by atoms with Crippen LogP contribution in [0.15, 0.2) is 18.2 Å². The summed E-state index contributed by atoms with van der Waals surface area (Å²) < 4.78 is 16.5. The zero-order valence-corrected chi connectivity index (χ0v) is 11.8. The summed E-state index contributed by atoms with van der Waals surface area (Å²) in [6.07, 6.45) is 0.206. The van der Waals surface area contributed by atoms with Gasteiger partial charge in [-0.2, -0.15) is 0 Å². The Bertz CT molecular complexity index is 425. The van der Waals surface area contributed by atoms with Crippen molar-refractivity contribution < 1.29 is 14.2 Å². The molecule has 1 fully saturated rings. The molecule has 5 nitrogen and oxygen atoms in total. The number of ether oxygens (including phenoxy) is 3. The summed E-state index contributed by atoms with van der Waals surface area (Å²) in [5, 5.41) is 0. The Morgan fingerprint density at radius 2 is 2.11 bits per heavy atom. The van der Waals surface area contributed by atoms with Gasteiger partial charge < -0.3 is 24.8 Å². The molecule has 1 aromatic rings. The van der Waals surface area contributed by atoms with E-state index < -0.39 is 0 Å². The molecule has 19 heavy (non-hydrogen) atoms. The van der Waals surface area contributed by atoms with E-state index in [0.29, 0.717) is 6.54 Å². The molecule has 0 amide bonds. The highest BCUT2D eigenvalue weighted by Crippen LogP contribution is 2.33. The topological polar surface area (TPSA) is 57.0 Å². The molecule has 2 unspecified atom stereocenters. The maximum Gasteiger partial charge on any atom is 0.142 e. The number of morpholine rings is 1. The first-order valence-corrected chi connectivity index (χ1v) is 6.50. The van der Waals surface area contributed by atoms with E-state index in [-0.39, 0.29) is 12.2 Å². The Balaban J connectivity index is 2.28. The second-order valence-corrected chi connectivity index (χ2v) is 4.75. The van der Waals surface area contributed by atoms with Gasteiger partial charge in [0.05, 0.1) is 32.1 Å². The second kappa shape index (κ2) is 6.12. The summed E-state index contributed by atoms with van der Waals surface area (Å²) >= 11 is 0. The van der Waals surface area contributed by atoms with Gasteiger partial charge in [0, 0.05) is 25.7 Å². The summed E-state index contributed by atoms with van der Waals surface area (Å²) in [6.45, 7) is 4.17. The van der Waals surface area contributed by atoms with Crippen LogP contribution >= 0.6 is 0 Å². The molecule has 1 saturated heterocycles. The molecule has 0 radical (unpaired) electrons. The van der Waals surface area contributed by atoms with Crippen LogP contribution in [0.25, 0.3) is 0 Å². The molecule has 106 valence electrons. The maximum absolute atomic E-state index is 5.78. The molecule has 0 saturated carbocycles. The van der Waals surface area contributed by atoms with E-state index in [1.54, 1.807) is 14.2 Å². The molecule has 0 bridgehead atoms. The van der Waals surface area contributed by atoms with Crippen LogP contribution in [-0.4, -0.2) is 46.1 Å². The van der Waals surface area contributed by atoms with Crippen LogP contribution in [-0.2, 0) is 4.74 Å². The first-order chi connectivity index (χ1) is 9.17. The van der Waals surface area contributed by atoms with Crippen molar-refractivity contribution in [3.05, 3.63) is 18.2 Å². The Hall–Kier alpha value is -1.46. The van der Waals surface area contributed by atoms with Crippen LogP contribution in [0.1, 0.15) is 6.92 Å². The van der Waals surface area contributed by atoms with Crippen LogP contribution in [0.3, 0.4) is 0 Å². The van der Waals surface area contributed by atoms with Crippen molar-refractivity contribution in [3.8, 4) is 11.5 Å². The number of benzene rings is 1. The van der Waals surface area contributed by atoms with Crippen LogP contribution in [0.5, 0.6) is 11.5 Å². The summed E-state index contributed by atoms with van der Waals surface area (Å²) in [5.41, 5.74) is 6.75. The highest BCUT2D eigenvalue weighted by Gasteiger charge is 2.26. The summed E-state index contributed by atoms with van der Waals surface area (Å²) in [4.78, 5) is 2.24. The summed E-state index contributed by atoms with van der Waals surface area (Å²) in [7, 11) is 3.34. The van der Waals surface area contributed by atoms with Gasteiger partial charge in [-0.25, -0.2) is 0 Å². The number of hydrogen-bond acceptors (Lipinski definition) is 5. The third kappa shape index (κ3) is 3.11. The largest absolute Gasteiger partial charge is 0.497 e. The molecule has 1 heterocycles. The lowest BCUT2D eigenvalue weighted by Gasteiger charge is -2.38. The molecule has 0 spiro atoms. The first kappa shape index (κ1) is 14.0. The highest BCUT2D eigenvalue weighted by atomic mass is 16.5. The number of anilines is 1. The molecule has 0 aliphatic carbocycles. The van der Waals surface area contributed by atoms with Crippen molar-refractivity contribution in [2.24, 2.45) is 5.73 Å². The predicted molar refractivity (Wildman–Crippen MR) is 75.1 cm³/mol. The zero-order chi connectivity index (χ0) is 13.8. The Kier molecular flexibility index (Phi) is 4.50. The molecular weight excluding hydrogens is 244 g/mol. The minimum Gasteiger partial charge on any atom is -0.497 e. The number of nitrogens with two attached hydrogens (primary N) is 1. The summed E-state index contributed by atoms with van der Waals surface area (Å²) in [5.74, 6) is 1.66. The van der Waals surface area contributed by atoms with Crippen LogP contribution in [0.4, 0.5) is 5.69 Å². The molecule has 1 aromatic carbocycles. The lowest BCUT2D eigenvalue weighted by molar-refractivity contribution is -0.0105. The molecule has 5 heteroatoms. The normalized spacial score (nSPS) is 23.3. The van der Waals surface area contributed by atoms with Gasteiger partial charge in [0.1, 0.15) is 11.5 Å². The van der Waals surface area contributed by atoms with Gasteiger partial charge in [0.15, 0.2) is 0 Å². The molecule has 1 aliphatic heterocycles. The molecule has 2 rings (SSSR count). The van der Waals surface area contributed by atoms with Crippen LogP contribution in [0.2, 0.25) is 0 Å². The second-order valence-electron chi connectivity index (χ2n) is 4.75. The van der Waals surface area contributed by atoms with Crippen molar-refractivity contribution in [3.63, 3.8) is 0 Å². The van der Waals surface area contributed by atoms with Crippen molar-refractivity contribution in [2.75, 3.05) is 38.8 Å². The van der Waals surface area contributed by atoms with Gasteiger partial charge in [-0.05, 0) is 19.1 Å². The van der Waals surface area contributed by atoms with E-state index in [0.717, 1.165) is 30.3 Å². The minimum absolute atomic E-state index is 0.0552. The highest BCUT2D eigenvalue weighted by molar-refractivity contribution is 5.62. The van der Waals surface area contributed by atoms with E-state index in [1.807, 2.05) is 18.2 Å². The van der Waals surface area contributed by atoms with Gasteiger partial charge in [-0.1, -0.05) is 0 Å². The quantitative estimate of drug-likeness (QED) is 0.889. The van der Waals surface area contributed by atoms with Crippen LogP contribution in [0, 0.1) is 0 Å². The van der Waals surface area contributed by atoms with Crippen LogP contribution < -0.4 is 20.1 Å². The fraction of sp³-hybridized carbons (Fsp3) is 0.571. The number of nitrogens with zero attached hydrogens (tertiary/aromatic N) is 1. The smallest absolute Gasteiger partial charge is 0.142 e. The number of rotatable bonds is 4. The number of methoxy groups -OCH3 is 2. The lowest BCUT2D eigenvalue weighted by atomic mass is 10.1. The van der Waals surface area contributed by atoms with Gasteiger partial charge in [-0.15, -0.1) is 0 Å². The van der Waals surface area contributed by atoms with E-state index in [9.17, 15) is 0 Å². The van der Waals surface area contributed by atoms with Crippen molar-refractivity contribution in [1.82, 2.24) is 0 Å². The Morgan fingerprint density at radius 3 is 2.74 bits per heavy atom. The molecule has 1 aliphatic rings. The third-order valence-electron chi connectivity index (χ3n) is 3.32. The maximum atomic E-state index is 5.78. The monoisotopic (exact) mass is 266 g/mol. The molecule has 2 N–H and O–H groups in total. The Morgan fingerprint density at radius 1 is 1.32 bits per heavy atom. The van der Waals surface area contributed by atoms with Gasteiger partial charge in [-0.3, -0.25) is 0 Å². The summed E-state index contributed by atoms with van der Waals surface area (Å²) in [6, 6.07) is 5.81. The van der Waals surface area contributed by atoms with E-state index in [2.05, 4.69) is 11.8 Å². The van der Waals surface area contributed by atoms with Crippen molar-refractivity contribution in [1.29, 1.82) is 0 Å². The molecular formula is C14H22N2O3. The van der Waals surface area contributed by atoms with Crippen molar-refractivity contribution in [2.45, 2.75) is 19.1 Å². The average molecular weight is 266 g/mol. The first-order valence-electron chi connectivity index (χ1n) is 6.50.